The second kappa shape index (κ2) is 5.14. The van der Waals surface area contributed by atoms with Crippen LogP contribution in [-0.2, 0) is 5.41 Å². The third-order valence-electron chi connectivity index (χ3n) is 3.23. The van der Waals surface area contributed by atoms with E-state index in [1.165, 1.54) is 12.1 Å². The lowest BCUT2D eigenvalue weighted by molar-refractivity contribution is 0.217. The molecule has 0 spiro atoms. The summed E-state index contributed by atoms with van der Waals surface area (Å²) in [6.45, 7) is 6.30. The maximum absolute atomic E-state index is 13.3. The smallest absolute Gasteiger partial charge is 0.123 e. The number of hydrogen-bond donors (Lipinski definition) is 1. The molecule has 2 aromatic carbocycles. The minimum absolute atomic E-state index is 0.0646. The van der Waals surface area contributed by atoms with Gasteiger partial charge < -0.3 is 5.11 Å². The van der Waals surface area contributed by atoms with Crippen molar-refractivity contribution < 1.29 is 9.50 Å². The molecule has 1 N–H and O–H groups in total. The van der Waals surface area contributed by atoms with Gasteiger partial charge in [-0.05, 0) is 34.2 Å². The number of aliphatic hydroxyl groups is 1. The molecule has 0 aromatic heterocycles. The molecule has 0 radical (unpaired) electrons. The highest BCUT2D eigenvalue weighted by Crippen LogP contribution is 2.32. The molecule has 19 heavy (non-hydrogen) atoms. The van der Waals surface area contributed by atoms with Crippen molar-refractivity contribution in [3.8, 4) is 0 Å². The zero-order valence-electron chi connectivity index (χ0n) is 11.5. The van der Waals surface area contributed by atoms with Crippen LogP contribution in [0.5, 0.6) is 0 Å². The fourth-order valence-corrected chi connectivity index (χ4v) is 2.27. The highest BCUT2D eigenvalue weighted by atomic mass is 19.1. The Bertz CT molecular complexity index is 569. The van der Waals surface area contributed by atoms with E-state index in [-0.39, 0.29) is 11.2 Å². The molecule has 2 heteroatoms. The molecule has 1 nitrogen and oxygen atoms in total. The Kier molecular flexibility index (Phi) is 3.72. The van der Waals surface area contributed by atoms with E-state index >= 15 is 0 Å². The van der Waals surface area contributed by atoms with Gasteiger partial charge in [0.1, 0.15) is 11.9 Å². The summed E-state index contributed by atoms with van der Waals surface area (Å²) in [6, 6.07) is 13.9. The molecule has 0 aliphatic carbocycles. The van der Waals surface area contributed by atoms with E-state index in [0.717, 1.165) is 11.1 Å². The summed E-state index contributed by atoms with van der Waals surface area (Å²) in [4.78, 5) is 0. The van der Waals surface area contributed by atoms with Gasteiger partial charge in [0.05, 0.1) is 0 Å². The first-order valence-corrected chi connectivity index (χ1v) is 6.42. The Morgan fingerprint density at radius 3 is 2.32 bits per heavy atom. The van der Waals surface area contributed by atoms with Crippen molar-refractivity contribution in [2.24, 2.45) is 0 Å². The first-order chi connectivity index (χ1) is 8.89. The van der Waals surface area contributed by atoms with Gasteiger partial charge >= 0.3 is 0 Å². The molecule has 0 heterocycles. The number of halogens is 1. The number of hydrogen-bond acceptors (Lipinski definition) is 1. The van der Waals surface area contributed by atoms with E-state index in [1.54, 1.807) is 12.1 Å². The minimum Gasteiger partial charge on any atom is -0.384 e. The predicted molar refractivity (Wildman–Crippen MR) is 75.6 cm³/mol. The van der Waals surface area contributed by atoms with Crippen LogP contribution >= 0.6 is 0 Å². The van der Waals surface area contributed by atoms with Crippen molar-refractivity contribution in [3.63, 3.8) is 0 Å². The highest BCUT2D eigenvalue weighted by molar-refractivity contribution is 5.39. The molecule has 0 bridgehead atoms. The summed E-state index contributed by atoms with van der Waals surface area (Å²) >= 11 is 0. The highest BCUT2D eigenvalue weighted by Gasteiger charge is 2.22. The number of benzene rings is 2. The molecule has 100 valence electrons. The quantitative estimate of drug-likeness (QED) is 0.855. The maximum atomic E-state index is 13.3. The van der Waals surface area contributed by atoms with Crippen LogP contribution in [0.4, 0.5) is 4.39 Å². The monoisotopic (exact) mass is 258 g/mol. The normalized spacial score (nSPS) is 13.3. The molecule has 1 unspecified atom stereocenters. The van der Waals surface area contributed by atoms with Gasteiger partial charge in [-0.25, -0.2) is 4.39 Å². The Morgan fingerprint density at radius 2 is 1.68 bits per heavy atom. The van der Waals surface area contributed by atoms with Crippen LogP contribution in [0.1, 0.15) is 43.6 Å². The van der Waals surface area contributed by atoms with Gasteiger partial charge in [-0.3, -0.25) is 0 Å². The van der Waals surface area contributed by atoms with E-state index in [9.17, 15) is 9.50 Å². The zero-order valence-corrected chi connectivity index (χ0v) is 11.5. The van der Waals surface area contributed by atoms with Crippen LogP contribution in [0.3, 0.4) is 0 Å². The molecule has 0 fully saturated rings. The maximum Gasteiger partial charge on any atom is 0.123 e. The van der Waals surface area contributed by atoms with Gasteiger partial charge in [-0.2, -0.15) is 0 Å². The first-order valence-electron chi connectivity index (χ1n) is 6.42. The number of aliphatic hydroxyl groups excluding tert-OH is 1. The van der Waals surface area contributed by atoms with Crippen LogP contribution in [0.15, 0.2) is 48.5 Å². The van der Waals surface area contributed by atoms with Crippen molar-refractivity contribution in [3.05, 3.63) is 71.0 Å². The molecule has 2 rings (SSSR count). The second-order valence-corrected chi connectivity index (χ2v) is 5.79. The average molecular weight is 258 g/mol. The standard InChI is InChI=1S/C17H19FO/c1-17(2,3)15-10-5-4-9-14(15)16(19)12-7-6-8-13(18)11-12/h4-11,16,19H,1-3H3. The molecule has 2 aromatic rings. The third-order valence-corrected chi connectivity index (χ3v) is 3.23. The summed E-state index contributed by atoms with van der Waals surface area (Å²) in [5.74, 6) is -0.329. The number of rotatable bonds is 2. The third kappa shape index (κ3) is 3.02. The fraction of sp³-hybridized carbons (Fsp3) is 0.294. The second-order valence-electron chi connectivity index (χ2n) is 5.79. The van der Waals surface area contributed by atoms with E-state index in [1.807, 2.05) is 24.3 Å². The zero-order chi connectivity index (χ0) is 14.0. The van der Waals surface area contributed by atoms with Gasteiger partial charge in [0.2, 0.25) is 0 Å². The van der Waals surface area contributed by atoms with Crippen LogP contribution < -0.4 is 0 Å². The Balaban J connectivity index is 2.48. The molecule has 0 saturated heterocycles. The predicted octanol–water partition coefficient (Wildman–Crippen LogP) is 4.20. The fourth-order valence-electron chi connectivity index (χ4n) is 2.27. The van der Waals surface area contributed by atoms with E-state index in [0.29, 0.717) is 5.56 Å². The summed E-state index contributed by atoms with van der Waals surface area (Å²) in [5, 5.41) is 10.5. The van der Waals surface area contributed by atoms with E-state index < -0.39 is 6.10 Å². The Labute approximate surface area is 113 Å². The Hall–Kier alpha value is -1.67. The molecular weight excluding hydrogens is 239 g/mol. The average Bonchev–Trinajstić information content (AvgIpc) is 2.37. The van der Waals surface area contributed by atoms with Crippen LogP contribution in [0, 0.1) is 5.82 Å². The summed E-state index contributed by atoms with van der Waals surface area (Å²) in [6.07, 6.45) is -0.800. The van der Waals surface area contributed by atoms with Crippen LogP contribution in [0.2, 0.25) is 0 Å². The van der Waals surface area contributed by atoms with Gasteiger partial charge in [0.15, 0.2) is 0 Å². The summed E-state index contributed by atoms with van der Waals surface area (Å²) < 4.78 is 13.3. The Morgan fingerprint density at radius 1 is 1.00 bits per heavy atom. The first kappa shape index (κ1) is 13.8. The van der Waals surface area contributed by atoms with Crippen molar-refractivity contribution in [1.82, 2.24) is 0 Å². The van der Waals surface area contributed by atoms with Crippen molar-refractivity contribution >= 4 is 0 Å². The van der Waals surface area contributed by atoms with Gasteiger partial charge in [-0.15, -0.1) is 0 Å². The summed E-state index contributed by atoms with van der Waals surface area (Å²) in [5.41, 5.74) is 2.43. The van der Waals surface area contributed by atoms with Crippen molar-refractivity contribution in [1.29, 1.82) is 0 Å². The van der Waals surface area contributed by atoms with Crippen LogP contribution in [-0.4, -0.2) is 5.11 Å². The van der Waals surface area contributed by atoms with Crippen LogP contribution in [0.25, 0.3) is 0 Å². The molecule has 0 saturated carbocycles. The van der Waals surface area contributed by atoms with Crippen molar-refractivity contribution in [2.75, 3.05) is 0 Å². The molecule has 0 amide bonds. The van der Waals surface area contributed by atoms with Gasteiger partial charge in [0, 0.05) is 0 Å². The minimum atomic E-state index is -0.800. The molecule has 0 aliphatic heterocycles. The topological polar surface area (TPSA) is 20.2 Å². The van der Waals surface area contributed by atoms with E-state index in [2.05, 4.69) is 20.8 Å². The largest absolute Gasteiger partial charge is 0.384 e. The lowest BCUT2D eigenvalue weighted by atomic mass is 9.81. The lowest BCUT2D eigenvalue weighted by Gasteiger charge is -2.25. The van der Waals surface area contributed by atoms with E-state index in [4.69, 9.17) is 0 Å². The van der Waals surface area contributed by atoms with Gasteiger partial charge in [0.25, 0.3) is 0 Å². The lowest BCUT2D eigenvalue weighted by Crippen LogP contribution is -2.16. The van der Waals surface area contributed by atoms with Gasteiger partial charge in [-0.1, -0.05) is 57.2 Å². The molecule has 0 aliphatic rings. The summed E-state index contributed by atoms with van der Waals surface area (Å²) in [7, 11) is 0. The van der Waals surface area contributed by atoms with Crippen molar-refractivity contribution in [2.45, 2.75) is 32.3 Å². The SMILES string of the molecule is CC(C)(C)c1ccccc1C(O)c1cccc(F)c1. The molecular formula is C17H19FO. The molecule has 1 atom stereocenters.